The molecule has 4 aliphatic rings. The van der Waals surface area contributed by atoms with Crippen LogP contribution in [0.2, 0.25) is 5.02 Å². The Morgan fingerprint density at radius 1 is 1.27 bits per heavy atom. The van der Waals surface area contributed by atoms with Crippen LogP contribution in [-0.4, -0.2) is 60.7 Å². The van der Waals surface area contributed by atoms with Gasteiger partial charge in [0.15, 0.2) is 0 Å². The fourth-order valence-electron chi connectivity index (χ4n) is 4.50. The molecule has 1 unspecified atom stereocenters. The van der Waals surface area contributed by atoms with E-state index in [1.54, 1.807) is 6.07 Å². The molecule has 154 valence electrons. The number of benzene rings is 2. The number of amides is 1. The largest absolute Gasteiger partial charge is 0.363 e. The van der Waals surface area contributed by atoms with Gasteiger partial charge in [0.05, 0.1) is 22.4 Å². The number of nitrogens with one attached hydrogen (secondary N) is 3. The second-order valence-electron chi connectivity index (χ2n) is 7.94. The summed E-state index contributed by atoms with van der Waals surface area (Å²) in [4.78, 5) is 17.7. The molecule has 2 aliphatic heterocycles. The third-order valence-corrected chi connectivity index (χ3v) is 6.39. The molecule has 1 amide bonds. The number of nitrogens with zero attached hydrogens (tertiary/aromatic N) is 2. The second kappa shape index (κ2) is 7.78. The van der Waals surface area contributed by atoms with Gasteiger partial charge in [-0.25, -0.2) is 0 Å². The Hall–Kier alpha value is -2.83. The Balaban J connectivity index is 1.44. The number of rotatable bonds is 6. The lowest BCUT2D eigenvalue weighted by Gasteiger charge is -2.47. The van der Waals surface area contributed by atoms with Gasteiger partial charge in [-0.05, 0) is 24.1 Å². The highest BCUT2D eigenvalue weighted by Crippen LogP contribution is 2.48. The van der Waals surface area contributed by atoms with Gasteiger partial charge in [0.25, 0.3) is 5.91 Å². The van der Waals surface area contributed by atoms with E-state index in [1.807, 2.05) is 24.3 Å². The van der Waals surface area contributed by atoms with Crippen LogP contribution in [0.5, 0.6) is 0 Å². The van der Waals surface area contributed by atoms with Crippen LogP contribution < -0.4 is 10.6 Å². The number of carbonyl (C=O) groups is 1. The molecule has 1 aromatic rings. The van der Waals surface area contributed by atoms with E-state index in [4.69, 9.17) is 17.0 Å². The minimum absolute atomic E-state index is 0.177. The summed E-state index contributed by atoms with van der Waals surface area (Å²) in [6.07, 6.45) is 2.17. The van der Waals surface area contributed by atoms with Gasteiger partial charge in [0, 0.05) is 50.1 Å². The van der Waals surface area contributed by atoms with Crippen LogP contribution >= 0.6 is 11.6 Å². The van der Waals surface area contributed by atoms with E-state index in [9.17, 15) is 4.79 Å². The molecule has 1 fully saturated rings. The first-order valence-corrected chi connectivity index (χ1v) is 10.7. The SMILES string of the molecule is N=CC1=C(C(=O)Nc2cc(Cl)c3cc2-3)N(CCc2ccccc2)CC2CNCCN12. The van der Waals surface area contributed by atoms with Crippen molar-refractivity contribution in [1.82, 2.24) is 15.1 Å². The van der Waals surface area contributed by atoms with Gasteiger partial charge in [0.1, 0.15) is 5.70 Å². The van der Waals surface area contributed by atoms with Crippen molar-refractivity contribution in [3.8, 4) is 11.1 Å². The lowest BCUT2D eigenvalue weighted by Crippen LogP contribution is -2.59. The molecule has 0 saturated carbocycles. The number of hydrogen-bond donors (Lipinski definition) is 3. The Morgan fingerprint density at radius 3 is 2.80 bits per heavy atom. The van der Waals surface area contributed by atoms with Crippen LogP contribution in [0.15, 0.2) is 53.9 Å². The first kappa shape index (κ1) is 19.2. The van der Waals surface area contributed by atoms with Gasteiger partial charge in [-0.1, -0.05) is 41.9 Å². The number of allylic oxidation sites excluding steroid dienone is 1. The minimum atomic E-state index is -0.177. The smallest absolute Gasteiger partial charge is 0.274 e. The van der Waals surface area contributed by atoms with E-state index in [2.05, 4.69) is 32.6 Å². The van der Waals surface area contributed by atoms with Crippen LogP contribution in [-0.2, 0) is 11.2 Å². The van der Waals surface area contributed by atoms with Crippen LogP contribution in [0.3, 0.4) is 0 Å². The Kier molecular flexibility index (Phi) is 4.97. The number of carbonyl (C=O) groups excluding carboxylic acids is 1. The van der Waals surface area contributed by atoms with Gasteiger partial charge in [-0.15, -0.1) is 0 Å². The lowest BCUT2D eigenvalue weighted by molar-refractivity contribution is -0.115. The average molecular weight is 422 g/mol. The molecular weight excluding hydrogens is 398 g/mol. The highest BCUT2D eigenvalue weighted by Gasteiger charge is 2.37. The fraction of sp³-hybridized carbons (Fsp3) is 0.304. The lowest BCUT2D eigenvalue weighted by atomic mass is 10.0. The predicted octanol–water partition coefficient (Wildman–Crippen LogP) is 2.95. The van der Waals surface area contributed by atoms with Gasteiger partial charge in [0.2, 0.25) is 0 Å². The Morgan fingerprint density at radius 2 is 2.10 bits per heavy atom. The Labute approximate surface area is 181 Å². The maximum atomic E-state index is 13.4. The molecule has 5 rings (SSSR count). The van der Waals surface area contributed by atoms with Crippen molar-refractivity contribution in [2.75, 3.05) is 38.0 Å². The number of hydrogen-bond acceptors (Lipinski definition) is 5. The number of piperazine rings is 1. The summed E-state index contributed by atoms with van der Waals surface area (Å²) in [7, 11) is 0. The molecular formula is C23H24ClN5O. The quantitative estimate of drug-likeness (QED) is 0.535. The van der Waals surface area contributed by atoms with Crippen molar-refractivity contribution in [1.29, 1.82) is 5.41 Å². The third kappa shape index (κ3) is 3.46. The minimum Gasteiger partial charge on any atom is -0.363 e. The van der Waals surface area contributed by atoms with Crippen molar-refractivity contribution in [3.05, 3.63) is 64.4 Å². The predicted molar refractivity (Wildman–Crippen MR) is 120 cm³/mol. The first-order valence-electron chi connectivity index (χ1n) is 10.3. The molecule has 0 bridgehead atoms. The normalized spacial score (nSPS) is 19.4. The molecule has 0 radical (unpaired) electrons. The Bertz CT molecular complexity index is 1040. The van der Waals surface area contributed by atoms with Crippen molar-refractivity contribution >= 4 is 29.4 Å². The summed E-state index contributed by atoms with van der Waals surface area (Å²) in [5, 5.41) is 15.2. The monoisotopic (exact) mass is 421 g/mol. The topological polar surface area (TPSA) is 71.5 Å². The van der Waals surface area contributed by atoms with Crippen LogP contribution in [0.1, 0.15) is 5.56 Å². The molecule has 0 aromatic heterocycles. The summed E-state index contributed by atoms with van der Waals surface area (Å²) in [5.41, 5.74) is 5.28. The third-order valence-electron chi connectivity index (χ3n) is 6.08. The zero-order valence-electron chi connectivity index (χ0n) is 16.6. The van der Waals surface area contributed by atoms with Crippen molar-refractivity contribution in [3.63, 3.8) is 0 Å². The zero-order valence-corrected chi connectivity index (χ0v) is 17.4. The average Bonchev–Trinajstić information content (AvgIpc) is 3.52. The van der Waals surface area contributed by atoms with Crippen molar-refractivity contribution < 1.29 is 4.79 Å². The van der Waals surface area contributed by atoms with E-state index in [0.29, 0.717) is 16.4 Å². The van der Waals surface area contributed by atoms with E-state index in [-0.39, 0.29) is 11.9 Å². The number of halogens is 1. The maximum Gasteiger partial charge on any atom is 0.274 e. The number of anilines is 1. The molecule has 2 heterocycles. The first-order chi connectivity index (χ1) is 14.7. The van der Waals surface area contributed by atoms with E-state index >= 15 is 0 Å². The van der Waals surface area contributed by atoms with E-state index in [1.165, 1.54) is 11.8 Å². The van der Waals surface area contributed by atoms with E-state index < -0.39 is 0 Å². The van der Waals surface area contributed by atoms with Gasteiger partial charge in [-0.3, -0.25) is 4.79 Å². The summed E-state index contributed by atoms with van der Waals surface area (Å²) in [5.74, 6) is -0.177. The molecule has 1 saturated heterocycles. The van der Waals surface area contributed by atoms with Gasteiger partial charge >= 0.3 is 0 Å². The summed E-state index contributed by atoms with van der Waals surface area (Å²) in [6.45, 7) is 3.99. The summed E-state index contributed by atoms with van der Waals surface area (Å²) < 4.78 is 0. The molecule has 1 atom stereocenters. The molecule has 2 aliphatic carbocycles. The van der Waals surface area contributed by atoms with Crippen LogP contribution in [0.25, 0.3) is 11.1 Å². The van der Waals surface area contributed by atoms with E-state index in [0.717, 1.165) is 56.0 Å². The molecule has 6 nitrogen and oxygen atoms in total. The molecule has 30 heavy (non-hydrogen) atoms. The van der Waals surface area contributed by atoms with Gasteiger partial charge < -0.3 is 25.8 Å². The van der Waals surface area contributed by atoms with Crippen molar-refractivity contribution in [2.24, 2.45) is 0 Å². The van der Waals surface area contributed by atoms with Crippen LogP contribution in [0.4, 0.5) is 5.69 Å². The maximum absolute atomic E-state index is 13.4. The van der Waals surface area contributed by atoms with Crippen molar-refractivity contribution in [2.45, 2.75) is 12.5 Å². The fourth-order valence-corrected chi connectivity index (χ4v) is 4.77. The standard InChI is InChI=1S/C23H24ClN5O/c24-19-11-20(18-10-17(18)19)27-23(30)22-21(12-25)29-9-7-26-13-16(29)14-28(22)8-6-15-4-2-1-3-5-15/h1-5,10-12,16,25-26H,6-9,13-14H2,(H,27,30). The highest BCUT2D eigenvalue weighted by atomic mass is 35.5. The molecule has 0 spiro atoms. The second-order valence-corrected chi connectivity index (χ2v) is 8.35. The van der Waals surface area contributed by atoms with Crippen LogP contribution in [0, 0.1) is 5.41 Å². The molecule has 7 heteroatoms. The summed E-state index contributed by atoms with van der Waals surface area (Å²) >= 11 is 6.19. The van der Waals surface area contributed by atoms with Gasteiger partial charge in [-0.2, -0.15) is 0 Å². The highest BCUT2D eigenvalue weighted by molar-refractivity contribution is 6.36. The molecule has 1 aromatic carbocycles. The molecule has 3 N–H and O–H groups in total. The zero-order chi connectivity index (χ0) is 20.7. The summed E-state index contributed by atoms with van der Waals surface area (Å²) in [6, 6.07) is 14.3. The number of fused-ring (bicyclic) bond motifs is 2.